The molecule has 19 heavy (non-hydrogen) atoms. The number of unbranched alkanes of at least 4 members (excludes halogenated alkanes) is 3. The maximum Gasteiger partial charge on any atom is 0.190 e. The lowest BCUT2D eigenvalue weighted by atomic mass is 9.99. The minimum atomic E-state index is 0.761. The molecule has 1 atom stereocenters. The summed E-state index contributed by atoms with van der Waals surface area (Å²) in [5.74, 6) is 1.72. The van der Waals surface area contributed by atoms with Crippen molar-refractivity contribution in [2.75, 3.05) is 40.3 Å². The first-order chi connectivity index (χ1) is 9.26. The van der Waals surface area contributed by atoms with E-state index in [1.54, 1.807) is 0 Å². The Morgan fingerprint density at radius 3 is 2.79 bits per heavy atom. The van der Waals surface area contributed by atoms with E-state index in [0.29, 0.717) is 0 Å². The monoisotopic (exact) mass is 268 g/mol. The van der Waals surface area contributed by atoms with Crippen LogP contribution in [0.2, 0.25) is 0 Å². The predicted octanol–water partition coefficient (Wildman–Crippen LogP) is 2.07. The van der Waals surface area contributed by atoms with Crippen molar-refractivity contribution in [1.29, 1.82) is 0 Å². The van der Waals surface area contributed by atoms with Crippen molar-refractivity contribution in [2.45, 2.75) is 45.4 Å². The number of guanidine groups is 1. The normalized spacial score (nSPS) is 21.4. The van der Waals surface area contributed by atoms with Crippen LogP contribution in [0, 0.1) is 5.92 Å². The molecule has 0 bridgehead atoms. The minimum Gasteiger partial charge on any atom is -0.356 e. The van der Waals surface area contributed by atoms with E-state index in [2.05, 4.69) is 34.5 Å². The van der Waals surface area contributed by atoms with Gasteiger partial charge in [0.1, 0.15) is 0 Å². The van der Waals surface area contributed by atoms with Crippen molar-refractivity contribution >= 4 is 5.96 Å². The quantitative estimate of drug-likeness (QED) is 0.422. The van der Waals surface area contributed by atoms with Crippen LogP contribution in [0.1, 0.15) is 45.4 Å². The summed E-state index contributed by atoms with van der Waals surface area (Å²) >= 11 is 0. The van der Waals surface area contributed by atoms with Gasteiger partial charge in [-0.1, -0.05) is 26.2 Å². The summed E-state index contributed by atoms with van der Waals surface area (Å²) in [6.45, 7) is 6.78. The molecule has 0 aromatic carbocycles. The summed E-state index contributed by atoms with van der Waals surface area (Å²) in [4.78, 5) is 6.72. The van der Waals surface area contributed by atoms with Gasteiger partial charge >= 0.3 is 0 Å². The topological polar surface area (TPSA) is 39.7 Å². The molecule has 0 saturated carbocycles. The van der Waals surface area contributed by atoms with Gasteiger partial charge in [-0.3, -0.25) is 4.99 Å². The molecular weight excluding hydrogens is 236 g/mol. The molecule has 2 N–H and O–H groups in total. The van der Waals surface area contributed by atoms with Gasteiger partial charge in [0, 0.05) is 26.7 Å². The zero-order chi connectivity index (χ0) is 13.9. The van der Waals surface area contributed by atoms with Crippen molar-refractivity contribution in [2.24, 2.45) is 10.9 Å². The van der Waals surface area contributed by atoms with Crippen LogP contribution in [0.25, 0.3) is 0 Å². The molecule has 1 aliphatic heterocycles. The van der Waals surface area contributed by atoms with Crippen LogP contribution in [-0.4, -0.2) is 51.1 Å². The maximum atomic E-state index is 4.29. The SMILES string of the molecule is CCCCCCNC(=NC)NCC1CCCN(C)C1. The van der Waals surface area contributed by atoms with Gasteiger partial charge in [-0.15, -0.1) is 0 Å². The summed E-state index contributed by atoms with van der Waals surface area (Å²) in [6.07, 6.45) is 7.84. The first kappa shape index (κ1) is 16.3. The second-order valence-corrected chi connectivity index (χ2v) is 5.71. The zero-order valence-corrected chi connectivity index (χ0v) is 13.0. The predicted molar refractivity (Wildman–Crippen MR) is 83.7 cm³/mol. The molecule has 0 spiro atoms. The number of rotatable bonds is 7. The molecule has 4 heteroatoms. The van der Waals surface area contributed by atoms with Gasteiger partial charge in [0.05, 0.1) is 0 Å². The van der Waals surface area contributed by atoms with Crippen LogP contribution in [0.5, 0.6) is 0 Å². The molecule has 4 nitrogen and oxygen atoms in total. The third-order valence-electron chi connectivity index (χ3n) is 3.83. The average molecular weight is 268 g/mol. The van der Waals surface area contributed by atoms with Gasteiger partial charge in [0.25, 0.3) is 0 Å². The molecule has 0 amide bonds. The van der Waals surface area contributed by atoms with Crippen LogP contribution in [-0.2, 0) is 0 Å². The molecular formula is C15H32N4. The van der Waals surface area contributed by atoms with E-state index in [0.717, 1.165) is 25.0 Å². The minimum absolute atomic E-state index is 0.761. The Morgan fingerprint density at radius 1 is 1.26 bits per heavy atom. The fourth-order valence-electron chi connectivity index (χ4n) is 2.66. The van der Waals surface area contributed by atoms with E-state index in [4.69, 9.17) is 0 Å². The summed E-state index contributed by atoms with van der Waals surface area (Å²) in [5, 5.41) is 6.87. The van der Waals surface area contributed by atoms with Gasteiger partial charge in [0.15, 0.2) is 5.96 Å². The molecule has 1 rings (SSSR count). The molecule has 1 saturated heterocycles. The molecule has 112 valence electrons. The third-order valence-corrected chi connectivity index (χ3v) is 3.83. The van der Waals surface area contributed by atoms with Crippen molar-refractivity contribution < 1.29 is 0 Å². The fraction of sp³-hybridized carbons (Fsp3) is 0.933. The molecule has 0 aromatic heterocycles. The van der Waals surface area contributed by atoms with Crippen LogP contribution in [0.15, 0.2) is 4.99 Å². The summed E-state index contributed by atoms with van der Waals surface area (Å²) < 4.78 is 0. The standard InChI is InChI=1S/C15H32N4/c1-4-5-6-7-10-17-15(16-2)18-12-14-9-8-11-19(3)13-14/h14H,4-13H2,1-3H3,(H2,16,17,18). The molecule has 1 fully saturated rings. The molecule has 0 aliphatic carbocycles. The molecule has 1 aliphatic rings. The molecule has 0 radical (unpaired) electrons. The Morgan fingerprint density at radius 2 is 2.11 bits per heavy atom. The van der Waals surface area contributed by atoms with Crippen molar-refractivity contribution in [1.82, 2.24) is 15.5 Å². The maximum absolute atomic E-state index is 4.29. The number of likely N-dealkylation sites (tertiary alicyclic amines) is 1. The summed E-state index contributed by atoms with van der Waals surface area (Å²) in [6, 6.07) is 0. The van der Waals surface area contributed by atoms with Crippen molar-refractivity contribution in [3.63, 3.8) is 0 Å². The van der Waals surface area contributed by atoms with Gasteiger partial charge in [-0.25, -0.2) is 0 Å². The van der Waals surface area contributed by atoms with Crippen molar-refractivity contribution in [3.05, 3.63) is 0 Å². The van der Waals surface area contributed by atoms with Gasteiger partial charge in [-0.2, -0.15) is 0 Å². The van der Waals surface area contributed by atoms with Crippen LogP contribution < -0.4 is 10.6 Å². The summed E-state index contributed by atoms with van der Waals surface area (Å²) in [5.41, 5.74) is 0. The highest BCUT2D eigenvalue weighted by Gasteiger charge is 2.16. The number of hydrogen-bond acceptors (Lipinski definition) is 2. The first-order valence-corrected chi connectivity index (χ1v) is 7.89. The Labute approximate surface area is 119 Å². The van der Waals surface area contributed by atoms with Crippen LogP contribution in [0.3, 0.4) is 0 Å². The zero-order valence-electron chi connectivity index (χ0n) is 13.0. The van der Waals surface area contributed by atoms with E-state index in [9.17, 15) is 0 Å². The molecule has 0 aromatic rings. The number of piperidine rings is 1. The van der Waals surface area contributed by atoms with E-state index in [-0.39, 0.29) is 0 Å². The second kappa shape index (κ2) is 10.1. The number of hydrogen-bond donors (Lipinski definition) is 2. The Bertz CT molecular complexity index is 253. The number of aliphatic imine (C=N–C) groups is 1. The van der Waals surface area contributed by atoms with E-state index >= 15 is 0 Å². The van der Waals surface area contributed by atoms with Gasteiger partial charge in [0.2, 0.25) is 0 Å². The molecule has 1 unspecified atom stereocenters. The highest BCUT2D eigenvalue weighted by molar-refractivity contribution is 5.79. The highest BCUT2D eigenvalue weighted by atomic mass is 15.2. The van der Waals surface area contributed by atoms with Crippen LogP contribution >= 0.6 is 0 Å². The average Bonchev–Trinajstić information content (AvgIpc) is 2.42. The largest absolute Gasteiger partial charge is 0.356 e. The second-order valence-electron chi connectivity index (χ2n) is 5.71. The first-order valence-electron chi connectivity index (χ1n) is 7.89. The Hall–Kier alpha value is -0.770. The lowest BCUT2D eigenvalue weighted by molar-refractivity contribution is 0.210. The fourth-order valence-corrected chi connectivity index (χ4v) is 2.66. The van der Waals surface area contributed by atoms with E-state index < -0.39 is 0 Å². The lowest BCUT2D eigenvalue weighted by Crippen LogP contribution is -2.43. The van der Waals surface area contributed by atoms with Gasteiger partial charge in [-0.05, 0) is 38.8 Å². The van der Waals surface area contributed by atoms with E-state index in [1.165, 1.54) is 51.6 Å². The number of nitrogens with zero attached hydrogens (tertiary/aromatic N) is 2. The lowest BCUT2D eigenvalue weighted by Gasteiger charge is -2.30. The van der Waals surface area contributed by atoms with Crippen molar-refractivity contribution in [3.8, 4) is 0 Å². The Balaban J connectivity index is 2.11. The smallest absolute Gasteiger partial charge is 0.190 e. The highest BCUT2D eigenvalue weighted by Crippen LogP contribution is 2.13. The third kappa shape index (κ3) is 7.41. The van der Waals surface area contributed by atoms with Crippen LogP contribution in [0.4, 0.5) is 0 Å². The Kier molecular flexibility index (Phi) is 8.63. The van der Waals surface area contributed by atoms with E-state index in [1.807, 2.05) is 7.05 Å². The summed E-state index contributed by atoms with van der Waals surface area (Å²) in [7, 11) is 4.07. The number of nitrogens with one attached hydrogen (secondary N) is 2. The van der Waals surface area contributed by atoms with Gasteiger partial charge < -0.3 is 15.5 Å². The molecule has 1 heterocycles.